The van der Waals surface area contributed by atoms with Crippen LogP contribution < -0.4 is 10.7 Å². The summed E-state index contributed by atoms with van der Waals surface area (Å²) < 4.78 is 3.56. The van der Waals surface area contributed by atoms with E-state index in [0.29, 0.717) is 29.0 Å². The number of aromatic nitrogens is 4. The fourth-order valence-corrected chi connectivity index (χ4v) is 2.79. The van der Waals surface area contributed by atoms with Crippen LogP contribution in [0.25, 0.3) is 10.9 Å². The highest BCUT2D eigenvalue weighted by atomic mass is 35.5. The number of fused-ring (bicyclic) bond motifs is 1. The third kappa shape index (κ3) is 3.71. The SMILES string of the molecule is CCn1nc(C(=O)NCCCn2ccnc2)c(=O)c2cc(Cl)ccc21. The van der Waals surface area contributed by atoms with E-state index >= 15 is 0 Å². The minimum absolute atomic E-state index is 0.112. The number of hydrogen-bond acceptors (Lipinski definition) is 4. The Balaban J connectivity index is 1.78. The van der Waals surface area contributed by atoms with Crippen molar-refractivity contribution in [3.05, 3.63) is 57.9 Å². The van der Waals surface area contributed by atoms with Crippen molar-refractivity contribution >= 4 is 28.4 Å². The second-order valence-corrected chi connectivity index (χ2v) is 6.00. The second-order valence-electron chi connectivity index (χ2n) is 5.56. The summed E-state index contributed by atoms with van der Waals surface area (Å²) in [6.07, 6.45) is 6.01. The molecule has 0 bridgehead atoms. The third-order valence-corrected chi connectivity index (χ3v) is 4.10. The number of carbonyl (C=O) groups is 1. The first kappa shape index (κ1) is 17.2. The van der Waals surface area contributed by atoms with Crippen LogP contribution in [-0.2, 0) is 13.1 Å². The van der Waals surface area contributed by atoms with E-state index in [0.717, 1.165) is 13.0 Å². The second kappa shape index (κ2) is 7.48. The first-order chi connectivity index (χ1) is 12.1. The lowest BCUT2D eigenvalue weighted by Gasteiger charge is -2.11. The predicted molar refractivity (Wildman–Crippen MR) is 95.9 cm³/mol. The molecule has 0 radical (unpaired) electrons. The third-order valence-electron chi connectivity index (χ3n) is 3.87. The first-order valence-corrected chi connectivity index (χ1v) is 8.42. The topological polar surface area (TPSA) is 81.8 Å². The molecule has 25 heavy (non-hydrogen) atoms. The maximum Gasteiger partial charge on any atom is 0.275 e. The molecule has 2 aromatic heterocycles. The molecular formula is C17H18ClN5O2. The number of aryl methyl sites for hydroxylation is 2. The van der Waals surface area contributed by atoms with Crippen molar-refractivity contribution in [1.29, 1.82) is 0 Å². The van der Waals surface area contributed by atoms with E-state index in [1.54, 1.807) is 35.4 Å². The van der Waals surface area contributed by atoms with E-state index in [4.69, 9.17) is 11.6 Å². The van der Waals surface area contributed by atoms with Gasteiger partial charge < -0.3 is 9.88 Å². The Hall–Kier alpha value is -2.67. The van der Waals surface area contributed by atoms with Gasteiger partial charge >= 0.3 is 0 Å². The molecule has 0 fully saturated rings. The molecule has 0 saturated carbocycles. The van der Waals surface area contributed by atoms with E-state index in [-0.39, 0.29) is 5.69 Å². The van der Waals surface area contributed by atoms with Gasteiger partial charge in [0.25, 0.3) is 5.91 Å². The van der Waals surface area contributed by atoms with E-state index in [1.165, 1.54) is 0 Å². The zero-order chi connectivity index (χ0) is 17.8. The fourth-order valence-electron chi connectivity index (χ4n) is 2.62. The molecule has 0 saturated heterocycles. The van der Waals surface area contributed by atoms with Crippen molar-refractivity contribution in [3.63, 3.8) is 0 Å². The van der Waals surface area contributed by atoms with Gasteiger partial charge in [0.15, 0.2) is 5.69 Å². The lowest BCUT2D eigenvalue weighted by molar-refractivity contribution is 0.0944. The van der Waals surface area contributed by atoms with Crippen LogP contribution >= 0.6 is 11.6 Å². The van der Waals surface area contributed by atoms with Gasteiger partial charge in [0.05, 0.1) is 17.2 Å². The van der Waals surface area contributed by atoms with Crippen LogP contribution in [-0.4, -0.2) is 31.8 Å². The summed E-state index contributed by atoms with van der Waals surface area (Å²) in [5, 5.41) is 7.81. The van der Waals surface area contributed by atoms with Crippen LogP contribution in [0.3, 0.4) is 0 Å². The quantitative estimate of drug-likeness (QED) is 0.683. The van der Waals surface area contributed by atoms with Crippen LogP contribution in [0.5, 0.6) is 0 Å². The molecule has 1 aromatic carbocycles. The Morgan fingerprint density at radius 3 is 2.92 bits per heavy atom. The van der Waals surface area contributed by atoms with E-state index in [2.05, 4.69) is 15.4 Å². The maximum atomic E-state index is 12.6. The lowest BCUT2D eigenvalue weighted by atomic mass is 10.2. The molecule has 0 unspecified atom stereocenters. The summed E-state index contributed by atoms with van der Waals surface area (Å²) in [6.45, 7) is 3.62. The van der Waals surface area contributed by atoms with Crippen LogP contribution in [0.1, 0.15) is 23.8 Å². The highest BCUT2D eigenvalue weighted by molar-refractivity contribution is 6.31. The molecule has 3 aromatic rings. The maximum absolute atomic E-state index is 12.6. The van der Waals surface area contributed by atoms with Crippen LogP contribution in [0.15, 0.2) is 41.7 Å². The Bertz CT molecular complexity index is 950. The first-order valence-electron chi connectivity index (χ1n) is 8.04. The van der Waals surface area contributed by atoms with Gasteiger partial charge in [0.2, 0.25) is 5.43 Å². The Morgan fingerprint density at radius 2 is 2.20 bits per heavy atom. The summed E-state index contributed by atoms with van der Waals surface area (Å²) in [5.41, 5.74) is 0.141. The number of imidazole rings is 1. The largest absolute Gasteiger partial charge is 0.350 e. The summed E-state index contributed by atoms with van der Waals surface area (Å²) >= 11 is 5.99. The number of benzene rings is 1. The number of halogens is 1. The minimum atomic E-state index is -0.472. The predicted octanol–water partition coefficient (Wildman–Crippen LogP) is 2.09. The average Bonchev–Trinajstić information content (AvgIpc) is 3.12. The molecule has 0 aliphatic carbocycles. The molecule has 0 atom stereocenters. The zero-order valence-electron chi connectivity index (χ0n) is 13.8. The number of nitrogens with zero attached hydrogens (tertiary/aromatic N) is 4. The molecule has 8 heteroatoms. The van der Waals surface area contributed by atoms with Gasteiger partial charge in [-0.1, -0.05) is 11.6 Å². The zero-order valence-corrected chi connectivity index (χ0v) is 14.5. The van der Waals surface area contributed by atoms with E-state index in [1.807, 2.05) is 17.7 Å². The summed E-state index contributed by atoms with van der Waals surface area (Å²) in [5.74, 6) is -0.472. The van der Waals surface area contributed by atoms with E-state index < -0.39 is 11.3 Å². The molecule has 7 nitrogen and oxygen atoms in total. The Morgan fingerprint density at radius 1 is 1.36 bits per heavy atom. The van der Waals surface area contributed by atoms with Crippen LogP contribution in [0.2, 0.25) is 5.02 Å². The van der Waals surface area contributed by atoms with Gasteiger partial charge in [-0.2, -0.15) is 5.10 Å². The number of nitrogens with one attached hydrogen (secondary N) is 1. The van der Waals surface area contributed by atoms with Crippen molar-refractivity contribution in [2.24, 2.45) is 0 Å². The number of amides is 1. The molecule has 2 heterocycles. The molecule has 1 amide bonds. The van der Waals surface area contributed by atoms with Crippen LogP contribution in [0.4, 0.5) is 0 Å². The standard InChI is InChI=1S/C17H18ClN5O2/c1-2-23-14-5-4-12(18)10-13(14)16(24)15(21-23)17(25)20-6-3-8-22-9-7-19-11-22/h4-5,7,9-11H,2-3,6,8H2,1H3,(H,20,25). The molecule has 1 N–H and O–H groups in total. The summed E-state index contributed by atoms with van der Waals surface area (Å²) in [6, 6.07) is 5.01. The fraction of sp³-hybridized carbons (Fsp3) is 0.294. The molecular weight excluding hydrogens is 342 g/mol. The molecule has 0 aliphatic heterocycles. The molecule has 3 rings (SSSR count). The van der Waals surface area contributed by atoms with Gasteiger partial charge in [0.1, 0.15) is 0 Å². The highest BCUT2D eigenvalue weighted by Crippen LogP contribution is 2.16. The van der Waals surface area contributed by atoms with E-state index in [9.17, 15) is 9.59 Å². The molecule has 0 aliphatic rings. The van der Waals surface area contributed by atoms with Gasteiger partial charge in [-0.05, 0) is 31.5 Å². The normalized spacial score (nSPS) is 11.0. The Labute approximate surface area is 149 Å². The number of carbonyl (C=O) groups excluding carboxylic acids is 1. The van der Waals surface area contributed by atoms with Crippen molar-refractivity contribution in [1.82, 2.24) is 24.6 Å². The van der Waals surface area contributed by atoms with Gasteiger partial charge in [-0.3, -0.25) is 14.3 Å². The molecule has 0 spiro atoms. The molecule has 130 valence electrons. The highest BCUT2D eigenvalue weighted by Gasteiger charge is 2.17. The van der Waals surface area contributed by atoms with Crippen molar-refractivity contribution in [2.75, 3.05) is 6.54 Å². The summed E-state index contributed by atoms with van der Waals surface area (Å²) in [4.78, 5) is 28.9. The lowest BCUT2D eigenvalue weighted by Crippen LogP contribution is -2.33. The average molecular weight is 360 g/mol. The minimum Gasteiger partial charge on any atom is -0.350 e. The Kier molecular flexibility index (Phi) is 5.14. The van der Waals surface area contributed by atoms with Crippen molar-refractivity contribution < 1.29 is 4.79 Å². The van der Waals surface area contributed by atoms with Crippen molar-refractivity contribution in [3.8, 4) is 0 Å². The van der Waals surface area contributed by atoms with Gasteiger partial charge in [-0.15, -0.1) is 0 Å². The van der Waals surface area contributed by atoms with Crippen LogP contribution in [0, 0.1) is 0 Å². The summed E-state index contributed by atoms with van der Waals surface area (Å²) in [7, 11) is 0. The smallest absolute Gasteiger partial charge is 0.275 e. The number of rotatable bonds is 6. The van der Waals surface area contributed by atoms with Crippen molar-refractivity contribution in [2.45, 2.75) is 26.4 Å². The van der Waals surface area contributed by atoms with Gasteiger partial charge in [-0.25, -0.2) is 4.98 Å². The van der Waals surface area contributed by atoms with Gasteiger partial charge in [0, 0.05) is 37.1 Å². The monoisotopic (exact) mass is 359 g/mol. The number of hydrogen-bond donors (Lipinski definition) is 1.